The van der Waals surface area contributed by atoms with Crippen molar-refractivity contribution in [2.75, 3.05) is 19.0 Å². The van der Waals surface area contributed by atoms with Gasteiger partial charge in [0.2, 0.25) is 0 Å². The second-order valence-corrected chi connectivity index (χ2v) is 4.88. The van der Waals surface area contributed by atoms with Gasteiger partial charge in [-0.1, -0.05) is 30.3 Å². The van der Waals surface area contributed by atoms with Crippen LogP contribution in [0.2, 0.25) is 0 Å². The number of terminal acetylenes is 1. The molecule has 0 aliphatic carbocycles. The third kappa shape index (κ3) is 2.56. The van der Waals surface area contributed by atoms with Crippen molar-refractivity contribution in [1.82, 2.24) is 9.55 Å². The minimum Gasteiger partial charge on any atom is -0.362 e. The van der Waals surface area contributed by atoms with Crippen molar-refractivity contribution in [2.45, 2.75) is 6.92 Å². The van der Waals surface area contributed by atoms with E-state index in [0.717, 1.165) is 4.57 Å². The monoisotopic (exact) mass is 293 g/mol. The molecule has 0 fully saturated rings. The van der Waals surface area contributed by atoms with Gasteiger partial charge in [0.15, 0.2) is 17.5 Å². The molecule has 0 aliphatic heterocycles. The van der Waals surface area contributed by atoms with Crippen LogP contribution in [0.3, 0.4) is 0 Å². The molecular formula is C17H15N3O2. The third-order valence-electron chi connectivity index (χ3n) is 3.20. The fourth-order valence-corrected chi connectivity index (χ4v) is 2.16. The number of nitrogens with zero attached hydrogens (tertiary/aromatic N) is 3. The van der Waals surface area contributed by atoms with Gasteiger partial charge in [-0.3, -0.25) is 4.79 Å². The highest BCUT2D eigenvalue weighted by molar-refractivity contribution is 5.88. The summed E-state index contributed by atoms with van der Waals surface area (Å²) < 4.78 is 1.13. The Bertz CT molecular complexity index is 852. The van der Waals surface area contributed by atoms with Gasteiger partial charge in [0, 0.05) is 19.7 Å². The lowest BCUT2D eigenvalue weighted by Crippen LogP contribution is -2.28. The zero-order chi connectivity index (χ0) is 16.3. The molecule has 1 aromatic carbocycles. The minimum atomic E-state index is -0.381. The lowest BCUT2D eigenvalue weighted by atomic mass is 10.2. The lowest BCUT2D eigenvalue weighted by Gasteiger charge is -2.18. The van der Waals surface area contributed by atoms with E-state index in [9.17, 15) is 9.59 Å². The number of carbonyl (C=O) groups excluding carboxylic acids is 1. The van der Waals surface area contributed by atoms with Gasteiger partial charge in [-0.25, -0.2) is 14.3 Å². The standard InChI is InChI=1S/C17H15N3O2/c1-5-14(11-21)20-16(13-9-7-6-8-10-13)18-15(19(3)4)12(2)17(20)22/h1,6-10H,2-4H3. The van der Waals surface area contributed by atoms with Gasteiger partial charge < -0.3 is 4.90 Å². The molecule has 0 saturated carbocycles. The second-order valence-electron chi connectivity index (χ2n) is 4.88. The predicted molar refractivity (Wildman–Crippen MR) is 87.2 cm³/mol. The summed E-state index contributed by atoms with van der Waals surface area (Å²) in [5.41, 5.74) is 0.525. The smallest absolute Gasteiger partial charge is 0.264 e. The molecule has 2 aromatic rings. The molecule has 0 N–H and O–H groups in total. The van der Waals surface area contributed by atoms with E-state index in [0.29, 0.717) is 22.8 Å². The summed E-state index contributed by atoms with van der Waals surface area (Å²) in [6.45, 7) is 1.65. The zero-order valence-electron chi connectivity index (χ0n) is 12.6. The molecule has 0 bridgehead atoms. The van der Waals surface area contributed by atoms with Gasteiger partial charge in [0.1, 0.15) is 5.82 Å². The number of hydrogen-bond acceptors (Lipinski definition) is 4. The van der Waals surface area contributed by atoms with Crippen LogP contribution in [0.25, 0.3) is 17.1 Å². The lowest BCUT2D eigenvalue weighted by molar-refractivity contribution is 0.568. The van der Waals surface area contributed by atoms with Crippen LogP contribution in [-0.4, -0.2) is 29.6 Å². The highest BCUT2D eigenvalue weighted by Gasteiger charge is 2.18. The van der Waals surface area contributed by atoms with Crippen LogP contribution < -0.4 is 10.5 Å². The molecule has 110 valence electrons. The van der Waals surface area contributed by atoms with Crippen molar-refractivity contribution in [1.29, 1.82) is 0 Å². The average molecular weight is 293 g/mol. The quantitative estimate of drug-likeness (QED) is 0.637. The average Bonchev–Trinajstić information content (AvgIpc) is 2.53. The van der Waals surface area contributed by atoms with Crippen LogP contribution in [0.15, 0.2) is 35.1 Å². The van der Waals surface area contributed by atoms with Crippen molar-refractivity contribution in [3.05, 3.63) is 46.2 Å². The molecule has 0 aliphatic rings. The minimum absolute atomic E-state index is 0.190. The summed E-state index contributed by atoms with van der Waals surface area (Å²) in [6.07, 6.45) is 5.33. The third-order valence-corrected chi connectivity index (χ3v) is 3.20. The van der Waals surface area contributed by atoms with Crippen LogP contribution in [0, 0.1) is 19.3 Å². The molecule has 0 amide bonds. The van der Waals surface area contributed by atoms with E-state index in [1.165, 1.54) is 0 Å². The van der Waals surface area contributed by atoms with Crippen LogP contribution in [0.1, 0.15) is 5.56 Å². The van der Waals surface area contributed by atoms with E-state index >= 15 is 0 Å². The summed E-state index contributed by atoms with van der Waals surface area (Å²) in [5, 5.41) is 0. The first-order valence-corrected chi connectivity index (χ1v) is 6.59. The summed E-state index contributed by atoms with van der Waals surface area (Å²) in [4.78, 5) is 30.0. The van der Waals surface area contributed by atoms with Crippen LogP contribution in [0.4, 0.5) is 5.82 Å². The van der Waals surface area contributed by atoms with E-state index < -0.39 is 0 Å². The highest BCUT2D eigenvalue weighted by Crippen LogP contribution is 2.22. The van der Waals surface area contributed by atoms with E-state index in [4.69, 9.17) is 6.42 Å². The summed E-state index contributed by atoms with van der Waals surface area (Å²) >= 11 is 0. The Kier molecular flexibility index (Phi) is 4.26. The number of allylic oxidation sites excluding steroid dienone is 1. The zero-order valence-corrected chi connectivity index (χ0v) is 12.6. The van der Waals surface area contributed by atoms with Crippen LogP contribution in [-0.2, 0) is 4.79 Å². The maximum atomic E-state index is 12.6. The van der Waals surface area contributed by atoms with Gasteiger partial charge in [-0.05, 0) is 12.8 Å². The molecule has 2 rings (SSSR count). The summed E-state index contributed by atoms with van der Waals surface area (Å²) in [7, 11) is 3.59. The Morgan fingerprint density at radius 3 is 2.41 bits per heavy atom. The van der Waals surface area contributed by atoms with Crippen molar-refractivity contribution < 1.29 is 4.79 Å². The first-order chi connectivity index (χ1) is 10.5. The Morgan fingerprint density at radius 2 is 1.91 bits per heavy atom. The predicted octanol–water partition coefficient (Wildman–Crippen LogP) is 1.59. The van der Waals surface area contributed by atoms with Crippen LogP contribution in [0.5, 0.6) is 0 Å². The van der Waals surface area contributed by atoms with E-state index in [1.54, 1.807) is 44.0 Å². The number of rotatable bonds is 3. The van der Waals surface area contributed by atoms with Gasteiger partial charge in [-0.2, -0.15) is 0 Å². The fraction of sp³-hybridized carbons (Fsp3) is 0.176. The van der Waals surface area contributed by atoms with Crippen molar-refractivity contribution in [3.63, 3.8) is 0 Å². The maximum absolute atomic E-state index is 12.6. The molecule has 1 aromatic heterocycles. The molecular weight excluding hydrogens is 278 g/mol. The number of hydrogen-bond donors (Lipinski definition) is 0. The summed E-state index contributed by atoms with van der Waals surface area (Å²) in [5.74, 6) is 4.68. The first-order valence-electron chi connectivity index (χ1n) is 6.59. The molecule has 22 heavy (non-hydrogen) atoms. The van der Waals surface area contributed by atoms with Crippen molar-refractivity contribution >= 4 is 17.5 Å². The number of anilines is 1. The number of aromatic nitrogens is 2. The second kappa shape index (κ2) is 6.13. The van der Waals surface area contributed by atoms with E-state index in [2.05, 4.69) is 10.9 Å². The summed E-state index contributed by atoms with van der Waals surface area (Å²) in [6, 6.07) is 9.09. The Morgan fingerprint density at radius 1 is 1.27 bits per heavy atom. The van der Waals surface area contributed by atoms with Gasteiger partial charge in [0.25, 0.3) is 5.56 Å². The van der Waals surface area contributed by atoms with Gasteiger partial charge in [0.05, 0.1) is 5.56 Å². The van der Waals surface area contributed by atoms with Gasteiger partial charge in [-0.15, -0.1) is 6.42 Å². The molecule has 1 heterocycles. The molecule has 5 nitrogen and oxygen atoms in total. The van der Waals surface area contributed by atoms with Gasteiger partial charge >= 0.3 is 0 Å². The topological polar surface area (TPSA) is 55.2 Å². The van der Waals surface area contributed by atoms with Crippen molar-refractivity contribution in [2.24, 2.45) is 0 Å². The van der Waals surface area contributed by atoms with Crippen molar-refractivity contribution in [3.8, 4) is 23.7 Å². The highest BCUT2D eigenvalue weighted by atomic mass is 16.1. The van der Waals surface area contributed by atoms with Crippen LogP contribution >= 0.6 is 0 Å². The fourth-order valence-electron chi connectivity index (χ4n) is 2.16. The first kappa shape index (κ1) is 15.3. The SMILES string of the molecule is C#CC(=C=O)n1c(-c2ccccc2)nc(N(C)C)c(C)c1=O. The van der Waals surface area contributed by atoms with E-state index in [-0.39, 0.29) is 11.3 Å². The van der Waals surface area contributed by atoms with E-state index in [1.807, 2.05) is 18.2 Å². The molecule has 0 radical (unpaired) electrons. The maximum Gasteiger partial charge on any atom is 0.264 e. The Hall–Kier alpha value is -3.09. The normalized spacial score (nSPS) is 9.73. The molecule has 0 spiro atoms. The molecule has 0 atom stereocenters. The Labute approximate surface area is 128 Å². The molecule has 5 heteroatoms. The number of benzene rings is 1. The Balaban J connectivity index is 2.94. The molecule has 0 saturated heterocycles. The molecule has 0 unspecified atom stereocenters. The largest absolute Gasteiger partial charge is 0.362 e.